The molecule has 19 heavy (non-hydrogen) atoms. The molecule has 0 saturated carbocycles. The molecule has 1 amide bonds. The molecule has 98 valence electrons. The molecule has 2 N–H and O–H groups in total. The third kappa shape index (κ3) is 3.41. The van der Waals surface area contributed by atoms with Crippen LogP contribution in [0.5, 0.6) is 0 Å². The van der Waals surface area contributed by atoms with Gasteiger partial charge >= 0.3 is 5.97 Å². The maximum atomic E-state index is 11.7. The fraction of sp³-hybridized carbons (Fsp3) is 0.0833. The number of carboxylic acid groups (broad SMARTS) is 1. The molecule has 0 saturated heterocycles. The molecule has 0 radical (unpaired) electrons. The van der Waals surface area contributed by atoms with E-state index in [-0.39, 0.29) is 23.9 Å². The summed E-state index contributed by atoms with van der Waals surface area (Å²) >= 11 is 3.22. The summed E-state index contributed by atoms with van der Waals surface area (Å²) in [5.41, 5.74) is 0.271. The summed E-state index contributed by atoms with van der Waals surface area (Å²) in [5, 5.41) is 11.3. The van der Waals surface area contributed by atoms with E-state index in [0.717, 1.165) is 4.47 Å². The first-order valence-corrected chi connectivity index (χ1v) is 6.07. The minimum absolute atomic E-state index is 0.101. The highest BCUT2D eigenvalue weighted by molar-refractivity contribution is 9.10. The average Bonchev–Trinajstić information content (AvgIpc) is 2.86. The van der Waals surface area contributed by atoms with E-state index >= 15 is 0 Å². The van der Waals surface area contributed by atoms with Crippen LogP contribution in [0.4, 0.5) is 0 Å². The molecule has 2 rings (SSSR count). The first kappa shape index (κ1) is 13.3. The molecule has 7 heteroatoms. The van der Waals surface area contributed by atoms with Gasteiger partial charge in [0.15, 0.2) is 0 Å². The summed E-state index contributed by atoms with van der Waals surface area (Å²) in [6, 6.07) is 6.11. The van der Waals surface area contributed by atoms with E-state index < -0.39 is 5.97 Å². The molecule has 0 unspecified atom stereocenters. The van der Waals surface area contributed by atoms with E-state index in [1.807, 2.05) is 0 Å². The molecular weight excluding hydrogens is 316 g/mol. The Balaban J connectivity index is 1.96. The van der Waals surface area contributed by atoms with Gasteiger partial charge in [-0.05, 0) is 40.2 Å². The van der Waals surface area contributed by atoms with Crippen LogP contribution in [0.2, 0.25) is 0 Å². The number of hydrogen-bond acceptors (Lipinski definition) is 4. The number of aromatic nitrogens is 1. The molecule has 0 fully saturated rings. The number of nitrogens with zero attached hydrogens (tertiary/aromatic N) is 1. The highest BCUT2D eigenvalue weighted by Gasteiger charge is 2.11. The first-order valence-electron chi connectivity index (χ1n) is 5.28. The molecule has 6 nitrogen and oxygen atoms in total. The van der Waals surface area contributed by atoms with E-state index in [1.165, 1.54) is 18.3 Å². The molecule has 2 aromatic rings. The molecule has 0 aliphatic carbocycles. The SMILES string of the molecule is O=C(NCc1ccc(C(=O)O)o1)c1ccc(Br)cn1. The van der Waals surface area contributed by atoms with Crippen molar-refractivity contribution in [1.29, 1.82) is 0 Å². The zero-order valence-corrected chi connectivity index (χ0v) is 11.2. The lowest BCUT2D eigenvalue weighted by atomic mass is 10.3. The van der Waals surface area contributed by atoms with Crippen molar-refractivity contribution in [2.75, 3.05) is 0 Å². The van der Waals surface area contributed by atoms with Gasteiger partial charge in [0.1, 0.15) is 11.5 Å². The number of carbonyl (C=O) groups is 2. The fourth-order valence-corrected chi connectivity index (χ4v) is 1.59. The predicted molar refractivity (Wildman–Crippen MR) is 68.8 cm³/mol. The monoisotopic (exact) mass is 324 g/mol. The lowest BCUT2D eigenvalue weighted by Crippen LogP contribution is -2.23. The van der Waals surface area contributed by atoms with Crippen LogP contribution in [0.3, 0.4) is 0 Å². The third-order valence-corrected chi connectivity index (χ3v) is 2.72. The number of pyridine rings is 1. The van der Waals surface area contributed by atoms with Gasteiger partial charge in [-0.1, -0.05) is 0 Å². The standard InChI is InChI=1S/C12H9BrN2O4/c13-7-1-3-9(14-5-7)11(16)15-6-8-2-4-10(19-8)12(17)18/h1-5H,6H2,(H,15,16)(H,17,18). The molecule has 0 aromatic carbocycles. The highest BCUT2D eigenvalue weighted by Crippen LogP contribution is 2.09. The van der Waals surface area contributed by atoms with Crippen molar-refractivity contribution in [3.05, 3.63) is 52.1 Å². The second kappa shape index (κ2) is 5.66. The Morgan fingerprint density at radius 3 is 2.68 bits per heavy atom. The topological polar surface area (TPSA) is 92.4 Å². The van der Waals surface area contributed by atoms with E-state index in [1.54, 1.807) is 12.1 Å². The number of amides is 1. The minimum atomic E-state index is -1.15. The molecule has 0 aliphatic rings. The number of carbonyl (C=O) groups excluding carboxylic acids is 1. The second-order valence-electron chi connectivity index (χ2n) is 3.62. The highest BCUT2D eigenvalue weighted by atomic mass is 79.9. The van der Waals surface area contributed by atoms with Crippen LogP contribution in [0, 0.1) is 0 Å². The zero-order valence-electron chi connectivity index (χ0n) is 9.59. The van der Waals surface area contributed by atoms with Crippen molar-refractivity contribution in [2.24, 2.45) is 0 Å². The molecule has 0 spiro atoms. The van der Waals surface area contributed by atoms with Gasteiger partial charge < -0.3 is 14.8 Å². The largest absolute Gasteiger partial charge is 0.475 e. The van der Waals surface area contributed by atoms with Crippen LogP contribution >= 0.6 is 15.9 Å². The van der Waals surface area contributed by atoms with Crippen molar-refractivity contribution >= 4 is 27.8 Å². The Hall–Kier alpha value is -2.15. The molecule has 2 aromatic heterocycles. The van der Waals surface area contributed by atoms with Crippen molar-refractivity contribution in [2.45, 2.75) is 6.54 Å². The normalized spacial score (nSPS) is 10.2. The van der Waals surface area contributed by atoms with Gasteiger partial charge in [0.2, 0.25) is 5.76 Å². The summed E-state index contributed by atoms with van der Waals surface area (Å²) in [6.45, 7) is 0.101. The Bertz CT molecular complexity index is 606. The van der Waals surface area contributed by atoms with Gasteiger partial charge in [-0.2, -0.15) is 0 Å². The summed E-state index contributed by atoms with van der Waals surface area (Å²) in [4.78, 5) is 26.3. The van der Waals surface area contributed by atoms with Crippen LogP contribution in [0.25, 0.3) is 0 Å². The Morgan fingerprint density at radius 1 is 1.32 bits per heavy atom. The number of nitrogens with one attached hydrogen (secondary N) is 1. The molecule has 0 aliphatic heterocycles. The molecule has 2 heterocycles. The summed E-state index contributed by atoms with van der Waals surface area (Å²) in [7, 11) is 0. The summed E-state index contributed by atoms with van der Waals surface area (Å²) in [5.74, 6) is -1.30. The Morgan fingerprint density at radius 2 is 2.11 bits per heavy atom. The molecule has 0 bridgehead atoms. The quantitative estimate of drug-likeness (QED) is 0.898. The summed E-state index contributed by atoms with van der Waals surface area (Å²) < 4.78 is 5.79. The van der Waals surface area contributed by atoms with E-state index in [2.05, 4.69) is 26.2 Å². The van der Waals surface area contributed by atoms with E-state index in [9.17, 15) is 9.59 Å². The van der Waals surface area contributed by atoms with Gasteiger partial charge in [0.05, 0.1) is 6.54 Å². The van der Waals surface area contributed by atoms with Gasteiger partial charge in [0.25, 0.3) is 5.91 Å². The van der Waals surface area contributed by atoms with Crippen LogP contribution in [0.1, 0.15) is 26.8 Å². The number of halogens is 1. The third-order valence-electron chi connectivity index (χ3n) is 2.26. The van der Waals surface area contributed by atoms with Gasteiger partial charge in [0, 0.05) is 10.7 Å². The minimum Gasteiger partial charge on any atom is -0.475 e. The smallest absolute Gasteiger partial charge is 0.371 e. The van der Waals surface area contributed by atoms with Gasteiger partial charge in [-0.15, -0.1) is 0 Å². The Labute approximate surface area is 116 Å². The van der Waals surface area contributed by atoms with Crippen molar-refractivity contribution < 1.29 is 19.1 Å². The van der Waals surface area contributed by atoms with Crippen LogP contribution < -0.4 is 5.32 Å². The van der Waals surface area contributed by atoms with Crippen molar-refractivity contribution in [3.8, 4) is 0 Å². The number of hydrogen-bond donors (Lipinski definition) is 2. The zero-order chi connectivity index (χ0) is 13.8. The average molecular weight is 325 g/mol. The van der Waals surface area contributed by atoms with E-state index in [0.29, 0.717) is 5.76 Å². The second-order valence-corrected chi connectivity index (χ2v) is 4.53. The van der Waals surface area contributed by atoms with Crippen molar-refractivity contribution in [3.63, 3.8) is 0 Å². The maximum Gasteiger partial charge on any atom is 0.371 e. The first-order chi connectivity index (χ1) is 9.06. The van der Waals surface area contributed by atoms with Crippen molar-refractivity contribution in [1.82, 2.24) is 10.3 Å². The maximum absolute atomic E-state index is 11.7. The molecule has 0 atom stereocenters. The lowest BCUT2D eigenvalue weighted by Gasteiger charge is -2.02. The number of aromatic carboxylic acids is 1. The van der Waals surface area contributed by atoms with Crippen LogP contribution in [-0.4, -0.2) is 22.0 Å². The fourth-order valence-electron chi connectivity index (χ4n) is 1.36. The van der Waals surface area contributed by atoms with Crippen LogP contribution in [0.15, 0.2) is 39.4 Å². The number of rotatable bonds is 4. The predicted octanol–water partition coefficient (Wildman–Crippen LogP) is 2.07. The lowest BCUT2D eigenvalue weighted by molar-refractivity contribution is 0.0660. The number of furan rings is 1. The molecular formula is C12H9BrN2O4. The van der Waals surface area contributed by atoms with Crippen LogP contribution in [-0.2, 0) is 6.54 Å². The Kier molecular flexibility index (Phi) is 3.96. The van der Waals surface area contributed by atoms with Gasteiger partial charge in [-0.25, -0.2) is 9.78 Å². The summed E-state index contributed by atoms with van der Waals surface area (Å²) in [6.07, 6.45) is 1.52. The van der Waals surface area contributed by atoms with E-state index in [4.69, 9.17) is 9.52 Å². The number of carboxylic acids is 1. The van der Waals surface area contributed by atoms with Gasteiger partial charge in [-0.3, -0.25) is 4.79 Å².